The van der Waals surface area contributed by atoms with Crippen molar-refractivity contribution in [3.05, 3.63) is 68.5 Å². The number of aromatic amines is 1. The van der Waals surface area contributed by atoms with E-state index in [2.05, 4.69) is 28.0 Å². The molecule has 0 bridgehead atoms. The Kier molecular flexibility index (Phi) is 4.82. The first-order valence-corrected chi connectivity index (χ1v) is 8.07. The molecule has 1 aliphatic rings. The van der Waals surface area contributed by atoms with Crippen LogP contribution in [0.2, 0.25) is 0 Å². The lowest BCUT2D eigenvalue weighted by atomic mass is 10.0. The summed E-state index contributed by atoms with van der Waals surface area (Å²) in [5.41, 5.74) is 6.35. The number of hydrogen-bond donors (Lipinski definition) is 3. The summed E-state index contributed by atoms with van der Waals surface area (Å²) in [5.74, 6) is -0.415. The van der Waals surface area contributed by atoms with Gasteiger partial charge in [-0.1, -0.05) is 30.3 Å². The molecule has 0 aliphatic carbocycles. The predicted octanol–water partition coefficient (Wildman–Crippen LogP) is -0.247. The Balaban J connectivity index is 1.66. The topological polar surface area (TPSA) is 99.2 Å². The number of rotatable bonds is 4. The molecule has 0 radical (unpaired) electrons. The van der Waals surface area contributed by atoms with Crippen molar-refractivity contribution in [3.63, 3.8) is 0 Å². The van der Waals surface area contributed by atoms with Gasteiger partial charge in [0.25, 0.3) is 11.5 Å². The van der Waals surface area contributed by atoms with Gasteiger partial charge in [0.1, 0.15) is 5.56 Å². The van der Waals surface area contributed by atoms with Crippen molar-refractivity contribution < 1.29 is 4.79 Å². The molecule has 1 saturated heterocycles. The Morgan fingerprint density at radius 1 is 1.24 bits per heavy atom. The van der Waals surface area contributed by atoms with Gasteiger partial charge in [0.05, 0.1) is 0 Å². The summed E-state index contributed by atoms with van der Waals surface area (Å²) in [6.45, 7) is 0.442. The highest BCUT2D eigenvalue weighted by molar-refractivity contribution is 5.93. The van der Waals surface area contributed by atoms with Gasteiger partial charge in [-0.15, -0.1) is 0 Å². The molecule has 1 aromatic carbocycles. The third-order valence-electron chi connectivity index (χ3n) is 4.36. The summed E-state index contributed by atoms with van der Waals surface area (Å²) < 4.78 is 1.18. The molecule has 0 spiro atoms. The number of amides is 1. The van der Waals surface area contributed by atoms with Gasteiger partial charge in [-0.3, -0.25) is 20.0 Å². The van der Waals surface area contributed by atoms with E-state index in [1.54, 1.807) is 7.05 Å². The fourth-order valence-electron chi connectivity index (χ4n) is 2.98. The number of likely N-dealkylation sites (N-methyl/N-ethyl adjacent to an activating group) is 1. The predicted molar refractivity (Wildman–Crippen MR) is 93.1 cm³/mol. The van der Waals surface area contributed by atoms with Gasteiger partial charge < -0.3 is 9.47 Å². The van der Waals surface area contributed by atoms with E-state index in [1.807, 2.05) is 18.2 Å². The van der Waals surface area contributed by atoms with Crippen LogP contribution in [0, 0.1) is 0 Å². The summed E-state index contributed by atoms with van der Waals surface area (Å²) in [6.07, 6.45) is 2.10. The summed E-state index contributed by atoms with van der Waals surface area (Å²) >= 11 is 0. The zero-order valence-electron chi connectivity index (χ0n) is 14.2. The molecule has 132 valence electrons. The van der Waals surface area contributed by atoms with Crippen molar-refractivity contribution >= 4 is 5.91 Å². The molecule has 8 nitrogen and oxygen atoms in total. The Hall–Kier alpha value is -2.71. The standard InChI is InChI=1S/C17H21N5O3/c1-21(16(24)13-10-22(2)17(25)18-15(13)23)9-12-8-14(20-19-12)11-6-4-3-5-7-11/h3-7,10,12,14,19-20H,8-9H2,1-2H3,(H,18,23,25). The maximum absolute atomic E-state index is 12.5. The summed E-state index contributed by atoms with van der Waals surface area (Å²) in [4.78, 5) is 39.4. The maximum Gasteiger partial charge on any atom is 0.328 e. The molecular weight excluding hydrogens is 322 g/mol. The number of aryl methyl sites for hydroxylation is 1. The van der Waals surface area contributed by atoms with E-state index >= 15 is 0 Å². The molecule has 3 rings (SSSR count). The van der Waals surface area contributed by atoms with Crippen LogP contribution in [0.5, 0.6) is 0 Å². The summed E-state index contributed by atoms with van der Waals surface area (Å²) in [5, 5.41) is 0. The van der Waals surface area contributed by atoms with Crippen molar-refractivity contribution in [2.75, 3.05) is 13.6 Å². The quantitative estimate of drug-likeness (QED) is 0.711. The van der Waals surface area contributed by atoms with Crippen LogP contribution in [0.3, 0.4) is 0 Å². The van der Waals surface area contributed by atoms with Crippen LogP contribution in [0.1, 0.15) is 28.4 Å². The highest BCUT2D eigenvalue weighted by atomic mass is 16.2. The number of carbonyl (C=O) groups is 1. The van der Waals surface area contributed by atoms with Gasteiger partial charge in [-0.05, 0) is 12.0 Å². The molecule has 1 fully saturated rings. The minimum absolute atomic E-state index is 0.0461. The largest absolute Gasteiger partial charge is 0.340 e. The van der Waals surface area contributed by atoms with Gasteiger partial charge in [0.2, 0.25) is 0 Å². The van der Waals surface area contributed by atoms with E-state index in [0.29, 0.717) is 6.54 Å². The number of hydrogen-bond acceptors (Lipinski definition) is 5. The molecular formula is C17H21N5O3. The number of nitrogens with one attached hydrogen (secondary N) is 3. The SMILES string of the molecule is CN(CC1CC(c2ccccc2)NN1)C(=O)c1cn(C)c(=O)[nH]c1=O. The van der Waals surface area contributed by atoms with Crippen molar-refractivity contribution in [1.29, 1.82) is 0 Å². The lowest BCUT2D eigenvalue weighted by Crippen LogP contribution is -2.43. The molecule has 1 aliphatic heterocycles. The zero-order chi connectivity index (χ0) is 18.0. The first-order valence-electron chi connectivity index (χ1n) is 8.07. The minimum Gasteiger partial charge on any atom is -0.340 e. The molecule has 1 amide bonds. The third-order valence-corrected chi connectivity index (χ3v) is 4.36. The highest BCUT2D eigenvalue weighted by Gasteiger charge is 2.27. The van der Waals surface area contributed by atoms with Gasteiger partial charge in [0, 0.05) is 38.9 Å². The normalized spacial score (nSPS) is 19.8. The number of carbonyl (C=O) groups excluding carboxylic acids is 1. The number of nitrogens with zero attached hydrogens (tertiary/aromatic N) is 2. The van der Waals surface area contributed by atoms with Crippen LogP contribution >= 0.6 is 0 Å². The molecule has 1 aromatic heterocycles. The van der Waals surface area contributed by atoms with E-state index in [4.69, 9.17) is 0 Å². The molecule has 2 aromatic rings. The zero-order valence-corrected chi connectivity index (χ0v) is 14.2. The van der Waals surface area contributed by atoms with Crippen LogP contribution in [-0.4, -0.2) is 40.0 Å². The van der Waals surface area contributed by atoms with E-state index < -0.39 is 17.2 Å². The van der Waals surface area contributed by atoms with E-state index in [1.165, 1.54) is 28.3 Å². The van der Waals surface area contributed by atoms with Crippen LogP contribution in [0.4, 0.5) is 0 Å². The molecule has 2 unspecified atom stereocenters. The molecule has 0 saturated carbocycles. The maximum atomic E-state index is 12.5. The number of H-pyrrole nitrogens is 1. The van der Waals surface area contributed by atoms with Crippen molar-refractivity contribution in [2.45, 2.75) is 18.5 Å². The Bertz CT molecular complexity index is 874. The van der Waals surface area contributed by atoms with Gasteiger partial charge in [-0.2, -0.15) is 0 Å². The fourth-order valence-corrected chi connectivity index (χ4v) is 2.98. The van der Waals surface area contributed by atoms with Crippen molar-refractivity contribution in [2.24, 2.45) is 7.05 Å². The van der Waals surface area contributed by atoms with Crippen molar-refractivity contribution in [1.82, 2.24) is 25.3 Å². The number of hydrazine groups is 1. The van der Waals surface area contributed by atoms with Crippen LogP contribution in [0.25, 0.3) is 0 Å². The lowest BCUT2D eigenvalue weighted by Gasteiger charge is -2.20. The van der Waals surface area contributed by atoms with Crippen LogP contribution in [-0.2, 0) is 7.05 Å². The Morgan fingerprint density at radius 3 is 2.68 bits per heavy atom. The van der Waals surface area contributed by atoms with E-state index in [0.717, 1.165) is 6.42 Å². The second-order valence-electron chi connectivity index (χ2n) is 6.28. The minimum atomic E-state index is -0.667. The number of aromatic nitrogens is 2. The highest BCUT2D eigenvalue weighted by Crippen LogP contribution is 2.22. The smallest absolute Gasteiger partial charge is 0.328 e. The summed E-state index contributed by atoms with van der Waals surface area (Å²) in [6, 6.07) is 10.3. The second kappa shape index (κ2) is 7.04. The monoisotopic (exact) mass is 343 g/mol. The van der Waals surface area contributed by atoms with Gasteiger partial charge in [-0.25, -0.2) is 10.2 Å². The van der Waals surface area contributed by atoms with E-state index in [-0.39, 0.29) is 17.6 Å². The number of benzene rings is 1. The van der Waals surface area contributed by atoms with Gasteiger partial charge in [0.15, 0.2) is 0 Å². The second-order valence-corrected chi connectivity index (χ2v) is 6.28. The molecule has 3 N–H and O–H groups in total. The molecule has 25 heavy (non-hydrogen) atoms. The Labute approximate surface area is 144 Å². The van der Waals surface area contributed by atoms with Gasteiger partial charge >= 0.3 is 5.69 Å². The molecule has 2 heterocycles. The first kappa shape index (κ1) is 17.1. The summed E-state index contributed by atoms with van der Waals surface area (Å²) in [7, 11) is 3.13. The lowest BCUT2D eigenvalue weighted by molar-refractivity contribution is 0.0780. The van der Waals surface area contributed by atoms with E-state index in [9.17, 15) is 14.4 Å². The van der Waals surface area contributed by atoms with Crippen molar-refractivity contribution in [3.8, 4) is 0 Å². The molecule has 8 heteroatoms. The average Bonchev–Trinajstić information content (AvgIpc) is 3.07. The fraction of sp³-hybridized carbons (Fsp3) is 0.353. The first-order chi connectivity index (χ1) is 12.0. The molecule has 2 atom stereocenters. The Morgan fingerprint density at radius 2 is 1.96 bits per heavy atom. The van der Waals surface area contributed by atoms with Crippen LogP contribution in [0.15, 0.2) is 46.1 Å². The third kappa shape index (κ3) is 3.70. The average molecular weight is 343 g/mol. The van der Waals surface area contributed by atoms with Crippen LogP contribution < -0.4 is 22.1 Å².